The lowest BCUT2D eigenvalue weighted by Gasteiger charge is -2.10. The third-order valence-corrected chi connectivity index (χ3v) is 3.60. The minimum Gasteiger partial charge on any atom is -0.356 e. The quantitative estimate of drug-likeness (QED) is 0.742. The molecule has 21 heavy (non-hydrogen) atoms. The van der Waals surface area contributed by atoms with E-state index < -0.39 is 0 Å². The molecule has 1 unspecified atom stereocenters. The van der Waals surface area contributed by atoms with Crippen molar-refractivity contribution >= 4 is 17.5 Å². The lowest BCUT2D eigenvalue weighted by atomic mass is 10.1. The smallest absolute Gasteiger partial charge is 0.221 e. The fraction of sp³-hybridized carbons (Fsp3) is 0.500. The van der Waals surface area contributed by atoms with Crippen LogP contribution in [0.5, 0.6) is 0 Å². The van der Waals surface area contributed by atoms with Gasteiger partial charge < -0.3 is 16.0 Å². The highest BCUT2D eigenvalue weighted by molar-refractivity contribution is 5.88. The normalized spacial score (nSPS) is 17.5. The Hall–Kier alpha value is -1.88. The Bertz CT molecular complexity index is 479. The van der Waals surface area contributed by atoms with Crippen LogP contribution in [-0.2, 0) is 16.0 Å². The van der Waals surface area contributed by atoms with E-state index in [0.29, 0.717) is 19.0 Å². The standard InChI is InChI=1S/C16H23N3O2/c1-12(20)19-14-6-4-13(5-7-14)8-10-18-16(21)11-15-3-2-9-17-15/h4-7,15,17H,2-3,8-11H2,1H3,(H,18,21)(H,19,20). The van der Waals surface area contributed by atoms with Crippen LogP contribution in [0.3, 0.4) is 0 Å². The van der Waals surface area contributed by atoms with Gasteiger partial charge in [0.1, 0.15) is 0 Å². The van der Waals surface area contributed by atoms with E-state index in [1.165, 1.54) is 13.3 Å². The lowest BCUT2D eigenvalue weighted by molar-refractivity contribution is -0.121. The zero-order valence-electron chi connectivity index (χ0n) is 12.4. The molecule has 0 aliphatic carbocycles. The molecule has 1 aliphatic rings. The molecular formula is C16H23N3O2. The van der Waals surface area contributed by atoms with E-state index in [1.54, 1.807) is 0 Å². The van der Waals surface area contributed by atoms with Gasteiger partial charge in [0, 0.05) is 31.6 Å². The number of rotatable bonds is 6. The van der Waals surface area contributed by atoms with Crippen molar-refractivity contribution in [3.63, 3.8) is 0 Å². The monoisotopic (exact) mass is 289 g/mol. The average molecular weight is 289 g/mol. The summed E-state index contributed by atoms with van der Waals surface area (Å²) in [5.41, 5.74) is 1.94. The van der Waals surface area contributed by atoms with Gasteiger partial charge in [-0.15, -0.1) is 0 Å². The molecule has 1 fully saturated rings. The van der Waals surface area contributed by atoms with Crippen molar-refractivity contribution < 1.29 is 9.59 Å². The Morgan fingerprint density at radius 3 is 2.67 bits per heavy atom. The summed E-state index contributed by atoms with van der Waals surface area (Å²) >= 11 is 0. The van der Waals surface area contributed by atoms with Gasteiger partial charge in [0.25, 0.3) is 0 Å². The van der Waals surface area contributed by atoms with Gasteiger partial charge in [0.15, 0.2) is 0 Å². The van der Waals surface area contributed by atoms with Crippen LogP contribution in [0.2, 0.25) is 0 Å². The third kappa shape index (κ3) is 5.55. The second-order valence-corrected chi connectivity index (χ2v) is 5.48. The predicted octanol–water partition coefficient (Wildman–Crippen LogP) is 1.45. The highest BCUT2D eigenvalue weighted by atomic mass is 16.2. The van der Waals surface area contributed by atoms with Crippen LogP contribution in [0, 0.1) is 0 Å². The fourth-order valence-corrected chi connectivity index (χ4v) is 2.53. The zero-order chi connectivity index (χ0) is 15.1. The molecule has 2 rings (SSSR count). The Labute approximate surface area is 125 Å². The Morgan fingerprint density at radius 1 is 1.29 bits per heavy atom. The van der Waals surface area contributed by atoms with E-state index in [2.05, 4.69) is 16.0 Å². The first-order valence-corrected chi connectivity index (χ1v) is 7.50. The molecular weight excluding hydrogens is 266 g/mol. The number of nitrogens with one attached hydrogen (secondary N) is 3. The van der Waals surface area contributed by atoms with Crippen LogP contribution in [0.15, 0.2) is 24.3 Å². The van der Waals surface area contributed by atoms with E-state index >= 15 is 0 Å². The summed E-state index contributed by atoms with van der Waals surface area (Å²) < 4.78 is 0. The molecule has 0 saturated carbocycles. The van der Waals surface area contributed by atoms with Gasteiger partial charge in [-0.1, -0.05) is 12.1 Å². The Balaban J connectivity index is 1.67. The third-order valence-electron chi connectivity index (χ3n) is 3.60. The minimum atomic E-state index is -0.0736. The van der Waals surface area contributed by atoms with Crippen molar-refractivity contribution in [1.29, 1.82) is 0 Å². The summed E-state index contributed by atoms with van der Waals surface area (Å²) in [5.74, 6) is 0.0415. The fourth-order valence-electron chi connectivity index (χ4n) is 2.53. The van der Waals surface area contributed by atoms with Gasteiger partial charge in [-0.3, -0.25) is 9.59 Å². The first-order valence-electron chi connectivity index (χ1n) is 7.50. The van der Waals surface area contributed by atoms with Crippen LogP contribution in [0.25, 0.3) is 0 Å². The van der Waals surface area contributed by atoms with Crippen molar-refractivity contribution in [3.05, 3.63) is 29.8 Å². The maximum Gasteiger partial charge on any atom is 0.221 e. The summed E-state index contributed by atoms with van der Waals surface area (Å²) in [7, 11) is 0. The first kappa shape index (κ1) is 15.5. The van der Waals surface area contributed by atoms with Gasteiger partial charge in [-0.2, -0.15) is 0 Å². The van der Waals surface area contributed by atoms with Crippen molar-refractivity contribution in [1.82, 2.24) is 10.6 Å². The van der Waals surface area contributed by atoms with Gasteiger partial charge in [-0.25, -0.2) is 0 Å². The highest BCUT2D eigenvalue weighted by Gasteiger charge is 2.17. The Morgan fingerprint density at radius 2 is 2.05 bits per heavy atom. The molecule has 5 nitrogen and oxygen atoms in total. The highest BCUT2D eigenvalue weighted by Crippen LogP contribution is 2.10. The maximum absolute atomic E-state index is 11.8. The predicted molar refractivity (Wildman–Crippen MR) is 83.1 cm³/mol. The van der Waals surface area contributed by atoms with E-state index in [9.17, 15) is 9.59 Å². The number of carbonyl (C=O) groups excluding carboxylic acids is 2. The van der Waals surface area contributed by atoms with Crippen LogP contribution in [0.1, 0.15) is 31.7 Å². The molecule has 1 aliphatic heterocycles. The molecule has 0 aromatic heterocycles. The van der Waals surface area contributed by atoms with E-state index in [1.807, 2.05) is 24.3 Å². The largest absolute Gasteiger partial charge is 0.356 e. The Kier molecular flexibility index (Phi) is 5.75. The van der Waals surface area contributed by atoms with Crippen molar-refractivity contribution in [2.75, 3.05) is 18.4 Å². The summed E-state index contributed by atoms with van der Waals surface area (Å²) in [6.45, 7) is 3.16. The molecule has 1 heterocycles. The number of benzene rings is 1. The molecule has 2 amide bonds. The second-order valence-electron chi connectivity index (χ2n) is 5.48. The van der Waals surface area contributed by atoms with E-state index in [-0.39, 0.29) is 11.8 Å². The molecule has 5 heteroatoms. The molecule has 1 saturated heterocycles. The summed E-state index contributed by atoms with van der Waals surface area (Å²) in [4.78, 5) is 22.7. The van der Waals surface area contributed by atoms with E-state index in [0.717, 1.165) is 30.6 Å². The minimum absolute atomic E-state index is 0.0736. The van der Waals surface area contributed by atoms with Gasteiger partial charge in [-0.05, 0) is 43.5 Å². The van der Waals surface area contributed by atoms with Crippen molar-refractivity contribution in [3.8, 4) is 0 Å². The topological polar surface area (TPSA) is 70.2 Å². The first-order chi connectivity index (χ1) is 10.1. The molecule has 114 valence electrons. The summed E-state index contributed by atoms with van der Waals surface area (Å²) in [6, 6.07) is 8.04. The number of anilines is 1. The van der Waals surface area contributed by atoms with Crippen molar-refractivity contribution in [2.45, 2.75) is 38.6 Å². The zero-order valence-corrected chi connectivity index (χ0v) is 12.4. The van der Waals surface area contributed by atoms with Gasteiger partial charge in [0.2, 0.25) is 11.8 Å². The molecule has 0 radical (unpaired) electrons. The number of hydrogen-bond acceptors (Lipinski definition) is 3. The van der Waals surface area contributed by atoms with Crippen LogP contribution >= 0.6 is 0 Å². The van der Waals surface area contributed by atoms with Gasteiger partial charge in [0.05, 0.1) is 0 Å². The summed E-state index contributed by atoms with van der Waals surface area (Å²) in [6.07, 6.45) is 3.63. The van der Waals surface area contributed by atoms with E-state index in [4.69, 9.17) is 0 Å². The average Bonchev–Trinajstić information content (AvgIpc) is 2.93. The molecule has 1 atom stereocenters. The number of amides is 2. The summed E-state index contributed by atoms with van der Waals surface area (Å²) in [5, 5.41) is 9.01. The van der Waals surface area contributed by atoms with Gasteiger partial charge >= 0.3 is 0 Å². The molecule has 0 spiro atoms. The van der Waals surface area contributed by atoms with Crippen molar-refractivity contribution in [2.24, 2.45) is 0 Å². The molecule has 0 bridgehead atoms. The van der Waals surface area contributed by atoms with Crippen LogP contribution in [0.4, 0.5) is 5.69 Å². The maximum atomic E-state index is 11.8. The second kappa shape index (κ2) is 7.78. The van der Waals surface area contributed by atoms with Crippen LogP contribution in [-0.4, -0.2) is 30.9 Å². The van der Waals surface area contributed by atoms with Crippen LogP contribution < -0.4 is 16.0 Å². The number of carbonyl (C=O) groups is 2. The lowest BCUT2D eigenvalue weighted by Crippen LogP contribution is -2.32. The number of hydrogen-bond donors (Lipinski definition) is 3. The molecule has 1 aromatic carbocycles. The molecule has 1 aromatic rings. The SMILES string of the molecule is CC(=O)Nc1ccc(CCNC(=O)CC2CCCN2)cc1. The molecule has 3 N–H and O–H groups in total.